The van der Waals surface area contributed by atoms with Gasteiger partial charge in [-0.15, -0.1) is 0 Å². The molecule has 1 atom stereocenters. The van der Waals surface area contributed by atoms with Crippen LogP contribution in [0.15, 0.2) is 42.5 Å². The zero-order valence-corrected chi connectivity index (χ0v) is 14.4. The summed E-state index contributed by atoms with van der Waals surface area (Å²) in [6, 6.07) is 9.82. The molecule has 1 unspecified atom stereocenters. The van der Waals surface area contributed by atoms with Gasteiger partial charge in [0.15, 0.2) is 0 Å². The molecule has 1 aliphatic heterocycles. The average molecular weight is 362 g/mol. The fourth-order valence-electron chi connectivity index (χ4n) is 3.29. The number of halogens is 3. The first-order valence-corrected chi connectivity index (χ1v) is 8.72. The Morgan fingerprint density at radius 2 is 1.81 bits per heavy atom. The van der Waals surface area contributed by atoms with Crippen LogP contribution >= 0.6 is 0 Å². The monoisotopic (exact) mass is 362 g/mol. The molecule has 0 bridgehead atoms. The Kier molecular flexibility index (Phi) is 5.93. The summed E-state index contributed by atoms with van der Waals surface area (Å²) in [5, 5.41) is 3.18. The maximum Gasteiger partial charge on any atom is 0.223 e. The summed E-state index contributed by atoms with van der Waals surface area (Å²) in [5.74, 6) is -1.33. The third-order valence-corrected chi connectivity index (χ3v) is 4.73. The van der Waals surface area contributed by atoms with Crippen LogP contribution in [-0.4, -0.2) is 23.4 Å². The van der Waals surface area contributed by atoms with E-state index in [4.69, 9.17) is 0 Å². The van der Waals surface area contributed by atoms with Gasteiger partial charge in [0.25, 0.3) is 0 Å². The third-order valence-electron chi connectivity index (χ3n) is 4.73. The first-order valence-electron chi connectivity index (χ1n) is 8.72. The zero-order valence-electron chi connectivity index (χ0n) is 14.4. The summed E-state index contributed by atoms with van der Waals surface area (Å²) in [6.07, 6.45) is 1.78. The Bertz CT molecular complexity index is 781. The number of likely N-dealkylation sites (tertiary alicyclic amines) is 1. The highest BCUT2D eigenvalue weighted by Gasteiger charge is 2.31. The van der Waals surface area contributed by atoms with Crippen molar-refractivity contribution >= 4 is 5.91 Å². The van der Waals surface area contributed by atoms with Crippen molar-refractivity contribution in [3.05, 3.63) is 71.0 Å². The minimum absolute atomic E-state index is 0.0294. The number of nitrogens with one attached hydrogen (secondary N) is 1. The second kappa shape index (κ2) is 8.36. The van der Waals surface area contributed by atoms with E-state index in [9.17, 15) is 18.0 Å². The predicted octanol–water partition coefficient (Wildman–Crippen LogP) is 3.77. The molecule has 0 saturated carbocycles. The highest BCUT2D eigenvalue weighted by molar-refractivity contribution is 5.78. The quantitative estimate of drug-likeness (QED) is 0.761. The molecular weight excluding hydrogens is 341 g/mol. The third kappa shape index (κ3) is 4.43. The molecule has 2 aromatic carbocycles. The standard InChI is InChI=1S/C20H21F3N2O/c21-16-5-7-19(23)15(11-16)13-25-17(6-8-20(25)26)9-10-24-12-14-3-1-2-4-18(14)22/h1-5,7,11,17,24H,6,8-10,12-13H2. The van der Waals surface area contributed by atoms with Gasteiger partial charge in [-0.05, 0) is 43.7 Å². The molecule has 1 heterocycles. The Hall–Kier alpha value is -2.34. The Labute approximate surface area is 150 Å². The zero-order chi connectivity index (χ0) is 18.5. The molecule has 1 fully saturated rings. The largest absolute Gasteiger partial charge is 0.335 e. The van der Waals surface area contributed by atoms with Gasteiger partial charge in [0.2, 0.25) is 5.91 Å². The van der Waals surface area contributed by atoms with E-state index in [1.54, 1.807) is 23.1 Å². The molecule has 1 saturated heterocycles. The van der Waals surface area contributed by atoms with Gasteiger partial charge in [0, 0.05) is 36.7 Å². The van der Waals surface area contributed by atoms with Crippen molar-refractivity contribution < 1.29 is 18.0 Å². The van der Waals surface area contributed by atoms with Crippen molar-refractivity contribution in [2.75, 3.05) is 6.54 Å². The van der Waals surface area contributed by atoms with Gasteiger partial charge in [0.1, 0.15) is 17.5 Å². The minimum atomic E-state index is -0.517. The number of benzene rings is 2. The van der Waals surface area contributed by atoms with Gasteiger partial charge in [-0.1, -0.05) is 18.2 Å². The molecule has 3 nitrogen and oxygen atoms in total. The van der Waals surface area contributed by atoms with E-state index in [1.165, 1.54) is 6.07 Å². The van der Waals surface area contributed by atoms with Crippen LogP contribution in [0.1, 0.15) is 30.4 Å². The summed E-state index contributed by atoms with van der Waals surface area (Å²) in [5.41, 5.74) is 0.776. The molecule has 0 spiro atoms. The van der Waals surface area contributed by atoms with Crippen molar-refractivity contribution in [2.45, 2.75) is 38.4 Å². The molecule has 0 aromatic heterocycles. The van der Waals surface area contributed by atoms with Gasteiger partial charge in [-0.2, -0.15) is 0 Å². The number of carbonyl (C=O) groups excluding carboxylic acids is 1. The molecule has 26 heavy (non-hydrogen) atoms. The summed E-state index contributed by atoms with van der Waals surface area (Å²) in [4.78, 5) is 13.7. The Morgan fingerprint density at radius 3 is 2.62 bits per heavy atom. The fourth-order valence-corrected chi connectivity index (χ4v) is 3.29. The number of amides is 1. The van der Waals surface area contributed by atoms with Crippen LogP contribution in [0, 0.1) is 17.5 Å². The maximum atomic E-state index is 13.9. The second-order valence-electron chi connectivity index (χ2n) is 6.51. The molecule has 0 aliphatic carbocycles. The van der Waals surface area contributed by atoms with Gasteiger partial charge >= 0.3 is 0 Å². The van der Waals surface area contributed by atoms with Crippen molar-refractivity contribution in [2.24, 2.45) is 0 Å². The lowest BCUT2D eigenvalue weighted by Crippen LogP contribution is -2.35. The first-order chi connectivity index (χ1) is 12.5. The number of hydrogen-bond donors (Lipinski definition) is 1. The van der Waals surface area contributed by atoms with Crippen molar-refractivity contribution in [1.29, 1.82) is 0 Å². The molecule has 1 aliphatic rings. The Balaban J connectivity index is 1.54. The average Bonchev–Trinajstić information content (AvgIpc) is 2.96. The van der Waals surface area contributed by atoms with Gasteiger partial charge < -0.3 is 10.2 Å². The minimum Gasteiger partial charge on any atom is -0.335 e. The first kappa shape index (κ1) is 18.5. The van der Waals surface area contributed by atoms with E-state index in [1.807, 2.05) is 0 Å². The predicted molar refractivity (Wildman–Crippen MR) is 92.7 cm³/mol. The molecule has 1 N–H and O–H groups in total. The summed E-state index contributed by atoms with van der Waals surface area (Å²) in [6.45, 7) is 1.08. The number of hydrogen-bond acceptors (Lipinski definition) is 2. The molecular formula is C20H21F3N2O. The summed E-state index contributed by atoms with van der Waals surface area (Å²) in [7, 11) is 0. The normalized spacial score (nSPS) is 17.1. The highest BCUT2D eigenvalue weighted by atomic mass is 19.1. The molecule has 3 rings (SSSR count). The lowest BCUT2D eigenvalue weighted by Gasteiger charge is -2.25. The van der Waals surface area contributed by atoms with Gasteiger partial charge in [-0.3, -0.25) is 4.79 Å². The molecule has 0 radical (unpaired) electrons. The van der Waals surface area contributed by atoms with Crippen LogP contribution in [-0.2, 0) is 17.9 Å². The molecule has 138 valence electrons. The van der Waals surface area contributed by atoms with Crippen LogP contribution in [0.4, 0.5) is 13.2 Å². The van der Waals surface area contributed by atoms with Crippen LogP contribution in [0.2, 0.25) is 0 Å². The van der Waals surface area contributed by atoms with Crippen LogP contribution in [0.25, 0.3) is 0 Å². The lowest BCUT2D eigenvalue weighted by molar-refractivity contribution is -0.129. The van der Waals surface area contributed by atoms with E-state index < -0.39 is 11.6 Å². The van der Waals surface area contributed by atoms with E-state index in [-0.39, 0.29) is 29.9 Å². The van der Waals surface area contributed by atoms with Gasteiger partial charge in [-0.25, -0.2) is 13.2 Å². The smallest absolute Gasteiger partial charge is 0.223 e. The van der Waals surface area contributed by atoms with Crippen molar-refractivity contribution in [3.8, 4) is 0 Å². The van der Waals surface area contributed by atoms with Crippen molar-refractivity contribution in [1.82, 2.24) is 10.2 Å². The summed E-state index contributed by atoms with van der Waals surface area (Å²) >= 11 is 0. The fraction of sp³-hybridized carbons (Fsp3) is 0.350. The van der Waals surface area contributed by atoms with Crippen LogP contribution in [0.5, 0.6) is 0 Å². The van der Waals surface area contributed by atoms with E-state index in [2.05, 4.69) is 5.32 Å². The second-order valence-corrected chi connectivity index (χ2v) is 6.51. The SMILES string of the molecule is O=C1CCC(CCNCc2ccccc2F)N1Cc1cc(F)ccc1F. The van der Waals surface area contributed by atoms with Crippen LogP contribution < -0.4 is 5.32 Å². The highest BCUT2D eigenvalue weighted by Crippen LogP contribution is 2.24. The topological polar surface area (TPSA) is 32.3 Å². The van der Waals surface area contributed by atoms with Crippen molar-refractivity contribution in [3.63, 3.8) is 0 Å². The number of carbonyl (C=O) groups is 1. The number of nitrogens with zero attached hydrogens (tertiary/aromatic N) is 1. The van der Waals surface area contributed by atoms with Crippen LogP contribution in [0.3, 0.4) is 0 Å². The maximum absolute atomic E-state index is 13.9. The molecule has 2 aromatic rings. The van der Waals surface area contributed by atoms with Gasteiger partial charge in [0.05, 0.1) is 0 Å². The molecule has 1 amide bonds. The summed E-state index contributed by atoms with van der Waals surface area (Å²) < 4.78 is 40.8. The molecule has 6 heteroatoms. The van der Waals surface area contributed by atoms with E-state index in [0.717, 1.165) is 18.2 Å². The lowest BCUT2D eigenvalue weighted by atomic mass is 10.1. The Morgan fingerprint density at radius 1 is 1.04 bits per heavy atom. The number of rotatable bonds is 7. The van der Waals surface area contributed by atoms with E-state index >= 15 is 0 Å². The van der Waals surface area contributed by atoms with E-state index in [0.29, 0.717) is 37.9 Å².